The summed E-state index contributed by atoms with van der Waals surface area (Å²) in [6.45, 7) is 4.99. The van der Waals surface area contributed by atoms with Gasteiger partial charge in [0.1, 0.15) is 5.82 Å². The maximum absolute atomic E-state index is 13.7. The number of hydrogen-bond donors (Lipinski definition) is 3. The number of anilines is 1. The fourth-order valence-electron chi connectivity index (χ4n) is 3.47. The van der Waals surface area contributed by atoms with Gasteiger partial charge in [-0.2, -0.15) is 0 Å². The van der Waals surface area contributed by atoms with Gasteiger partial charge in [0.05, 0.1) is 21.7 Å². The molecule has 0 aromatic carbocycles. The number of carbonyl (C=O) groups excluding carboxylic acids is 1. The third-order valence-corrected chi connectivity index (χ3v) is 6.24. The first kappa shape index (κ1) is 22.6. The molecule has 2 aromatic heterocycles. The number of nitrogens with zero attached hydrogens (tertiary/aromatic N) is 2. The predicted octanol–water partition coefficient (Wildman–Crippen LogP) is 4.70. The summed E-state index contributed by atoms with van der Waals surface area (Å²) < 4.78 is 27.5. The fraction of sp³-hybridized carbons (Fsp3) is 0.571. The number of aliphatic hydroxyl groups is 1. The maximum atomic E-state index is 13.7. The second-order valence-corrected chi connectivity index (χ2v) is 9.37. The fourth-order valence-corrected chi connectivity index (χ4v) is 4.43. The van der Waals surface area contributed by atoms with Crippen molar-refractivity contribution in [3.05, 3.63) is 28.5 Å². The van der Waals surface area contributed by atoms with Gasteiger partial charge in [-0.3, -0.25) is 4.79 Å². The first-order chi connectivity index (χ1) is 14.1. The minimum Gasteiger partial charge on any atom is -0.389 e. The van der Waals surface area contributed by atoms with Crippen LogP contribution in [0.5, 0.6) is 0 Å². The van der Waals surface area contributed by atoms with Gasteiger partial charge in [0.25, 0.3) is 12.3 Å². The molecule has 0 spiro atoms. The Morgan fingerprint density at radius 3 is 2.67 bits per heavy atom. The maximum Gasteiger partial charge on any atom is 0.280 e. The van der Waals surface area contributed by atoms with Crippen LogP contribution in [0, 0.1) is 6.92 Å². The average molecular weight is 439 g/mol. The molecule has 1 saturated carbocycles. The van der Waals surface area contributed by atoms with Crippen molar-refractivity contribution in [1.29, 1.82) is 0 Å². The minimum atomic E-state index is -2.66. The van der Waals surface area contributed by atoms with Crippen molar-refractivity contribution in [3.63, 3.8) is 0 Å². The molecule has 2 heterocycles. The topological polar surface area (TPSA) is 87.1 Å². The van der Waals surface area contributed by atoms with Gasteiger partial charge in [0.2, 0.25) is 0 Å². The number of aromatic nitrogens is 2. The Morgan fingerprint density at radius 2 is 2.03 bits per heavy atom. The van der Waals surface area contributed by atoms with Gasteiger partial charge >= 0.3 is 0 Å². The smallest absolute Gasteiger partial charge is 0.280 e. The highest BCUT2D eigenvalue weighted by atomic mass is 32.1. The predicted molar refractivity (Wildman–Crippen MR) is 114 cm³/mol. The number of alkyl halides is 2. The van der Waals surface area contributed by atoms with E-state index >= 15 is 0 Å². The highest BCUT2D eigenvalue weighted by Gasteiger charge is 2.23. The van der Waals surface area contributed by atoms with Crippen LogP contribution < -0.4 is 10.6 Å². The van der Waals surface area contributed by atoms with E-state index in [4.69, 9.17) is 0 Å². The van der Waals surface area contributed by atoms with E-state index in [1.165, 1.54) is 12.5 Å². The van der Waals surface area contributed by atoms with Crippen LogP contribution in [0.15, 0.2) is 12.3 Å². The highest BCUT2D eigenvalue weighted by molar-refractivity contribution is 7.17. The van der Waals surface area contributed by atoms with E-state index in [1.54, 1.807) is 27.0 Å². The van der Waals surface area contributed by atoms with Crippen LogP contribution in [0.4, 0.5) is 14.6 Å². The number of pyridine rings is 1. The van der Waals surface area contributed by atoms with Crippen molar-refractivity contribution in [1.82, 2.24) is 15.3 Å². The molecule has 0 unspecified atom stereocenters. The van der Waals surface area contributed by atoms with Crippen LogP contribution in [0.2, 0.25) is 0 Å². The summed E-state index contributed by atoms with van der Waals surface area (Å²) in [6, 6.07) is 1.60. The van der Waals surface area contributed by atoms with Crippen molar-refractivity contribution in [2.24, 2.45) is 0 Å². The number of thiazole rings is 1. The van der Waals surface area contributed by atoms with Gasteiger partial charge in [-0.05, 0) is 39.7 Å². The normalized spacial score (nSPS) is 15.4. The molecule has 0 saturated heterocycles. The molecule has 30 heavy (non-hydrogen) atoms. The first-order valence-corrected chi connectivity index (χ1v) is 11.0. The van der Waals surface area contributed by atoms with E-state index in [2.05, 4.69) is 20.6 Å². The number of rotatable bonds is 7. The number of nitrogens with one attached hydrogen (secondary N) is 2. The molecule has 1 aliphatic rings. The van der Waals surface area contributed by atoms with Crippen LogP contribution in [0.25, 0.3) is 10.4 Å². The molecule has 3 rings (SSSR count). The summed E-state index contributed by atoms with van der Waals surface area (Å²) in [6.07, 6.45) is 4.19. The Balaban J connectivity index is 1.82. The van der Waals surface area contributed by atoms with E-state index in [9.17, 15) is 18.7 Å². The summed E-state index contributed by atoms with van der Waals surface area (Å²) in [4.78, 5) is 21.5. The second-order valence-electron chi connectivity index (χ2n) is 8.37. The third kappa shape index (κ3) is 5.72. The van der Waals surface area contributed by atoms with Crippen molar-refractivity contribution < 1.29 is 18.7 Å². The summed E-state index contributed by atoms with van der Waals surface area (Å²) in [5, 5.41) is 15.8. The van der Waals surface area contributed by atoms with Crippen LogP contribution in [-0.4, -0.2) is 39.2 Å². The SMILES string of the molecule is Cc1nc(C(=O)NCC(C)(C)O)sc1-c1cnc(NC2CCCCC2)c(C(F)F)c1. The molecule has 1 amide bonds. The number of amides is 1. The van der Waals surface area contributed by atoms with E-state index < -0.39 is 17.9 Å². The summed E-state index contributed by atoms with van der Waals surface area (Å²) in [5.41, 5.74) is -0.0967. The van der Waals surface area contributed by atoms with Crippen molar-refractivity contribution in [2.45, 2.75) is 70.9 Å². The molecule has 0 aliphatic heterocycles. The van der Waals surface area contributed by atoms with E-state index in [1.807, 2.05) is 0 Å². The van der Waals surface area contributed by atoms with Gasteiger partial charge in [-0.15, -0.1) is 11.3 Å². The Hall–Kier alpha value is -2.13. The largest absolute Gasteiger partial charge is 0.389 e. The zero-order chi connectivity index (χ0) is 21.9. The zero-order valence-electron chi connectivity index (χ0n) is 17.5. The first-order valence-electron chi connectivity index (χ1n) is 10.2. The highest BCUT2D eigenvalue weighted by Crippen LogP contribution is 2.35. The molecule has 0 bridgehead atoms. The van der Waals surface area contributed by atoms with Gasteiger partial charge < -0.3 is 15.7 Å². The lowest BCUT2D eigenvalue weighted by molar-refractivity contribution is 0.0694. The Kier molecular flexibility index (Phi) is 7.02. The molecule has 164 valence electrons. The minimum absolute atomic E-state index is 0.0818. The number of hydrogen-bond acceptors (Lipinski definition) is 6. The Bertz CT molecular complexity index is 890. The van der Waals surface area contributed by atoms with E-state index in [0.29, 0.717) is 16.1 Å². The molecule has 1 aliphatic carbocycles. The summed E-state index contributed by atoms with van der Waals surface area (Å²) >= 11 is 1.12. The lowest BCUT2D eigenvalue weighted by Gasteiger charge is -2.24. The number of aryl methyl sites for hydroxylation is 1. The molecule has 1 fully saturated rings. The molecule has 0 atom stereocenters. The number of carbonyl (C=O) groups is 1. The van der Waals surface area contributed by atoms with Crippen LogP contribution >= 0.6 is 11.3 Å². The van der Waals surface area contributed by atoms with Crippen molar-refractivity contribution in [2.75, 3.05) is 11.9 Å². The molecular formula is C21H28F2N4O2S. The van der Waals surface area contributed by atoms with E-state index in [0.717, 1.165) is 37.0 Å². The number of halogens is 2. The standard InChI is InChI=1S/C21H28F2N4O2S/c1-12-16(30-20(26-12)19(28)25-11-21(2,3)29)13-9-15(17(22)23)18(24-10-13)27-14-7-5-4-6-8-14/h9-10,14,17,29H,4-8,11H2,1-3H3,(H,24,27)(H,25,28). The van der Waals surface area contributed by atoms with Crippen LogP contribution in [0.3, 0.4) is 0 Å². The summed E-state index contributed by atoms with van der Waals surface area (Å²) in [5.74, 6) is -0.180. The van der Waals surface area contributed by atoms with Gasteiger partial charge in [-0.1, -0.05) is 19.3 Å². The molecule has 6 nitrogen and oxygen atoms in total. The molecule has 2 aromatic rings. The van der Waals surface area contributed by atoms with Crippen LogP contribution in [-0.2, 0) is 0 Å². The lowest BCUT2D eigenvalue weighted by Crippen LogP contribution is -2.38. The monoisotopic (exact) mass is 438 g/mol. The lowest BCUT2D eigenvalue weighted by atomic mass is 9.95. The average Bonchev–Trinajstić information content (AvgIpc) is 3.08. The molecule has 3 N–H and O–H groups in total. The second kappa shape index (κ2) is 9.34. The van der Waals surface area contributed by atoms with Crippen LogP contribution in [0.1, 0.15) is 73.4 Å². The van der Waals surface area contributed by atoms with Crippen molar-refractivity contribution in [3.8, 4) is 10.4 Å². The van der Waals surface area contributed by atoms with Gasteiger partial charge in [0, 0.05) is 24.3 Å². The van der Waals surface area contributed by atoms with E-state index in [-0.39, 0.29) is 29.0 Å². The zero-order valence-corrected chi connectivity index (χ0v) is 18.3. The molecular weight excluding hydrogens is 410 g/mol. The van der Waals surface area contributed by atoms with Gasteiger partial charge in [0.15, 0.2) is 5.01 Å². The summed E-state index contributed by atoms with van der Waals surface area (Å²) in [7, 11) is 0. The quantitative estimate of drug-likeness (QED) is 0.583. The third-order valence-electron chi connectivity index (χ3n) is 5.03. The van der Waals surface area contributed by atoms with Crippen molar-refractivity contribution >= 4 is 23.1 Å². The Morgan fingerprint density at radius 1 is 1.33 bits per heavy atom. The molecule has 0 radical (unpaired) electrons. The van der Waals surface area contributed by atoms with Gasteiger partial charge in [-0.25, -0.2) is 18.7 Å². The Labute approximate surface area is 179 Å². The molecule has 9 heteroatoms.